The van der Waals surface area contributed by atoms with Crippen molar-refractivity contribution in [3.63, 3.8) is 0 Å². The Morgan fingerprint density at radius 1 is 1.09 bits per heavy atom. The average Bonchev–Trinajstić information content (AvgIpc) is 3.20. The van der Waals surface area contributed by atoms with Crippen LogP contribution in [0.1, 0.15) is 118 Å². The van der Waals surface area contributed by atoms with Crippen LogP contribution in [0.15, 0.2) is 29.8 Å². The van der Waals surface area contributed by atoms with Crippen LogP contribution < -0.4 is 0 Å². The number of aliphatic carboxylic acids is 1. The second kappa shape index (κ2) is 14.7. The highest BCUT2D eigenvalue weighted by Crippen LogP contribution is 2.41. The maximum atomic E-state index is 13.2. The van der Waals surface area contributed by atoms with Gasteiger partial charge in [-0.3, -0.25) is 9.59 Å². The van der Waals surface area contributed by atoms with E-state index in [2.05, 4.69) is 90.5 Å². The molecule has 1 heterocycles. The van der Waals surface area contributed by atoms with E-state index in [9.17, 15) is 9.59 Å². The zero-order valence-electron chi connectivity index (χ0n) is 29.4. The number of carbonyl (C=O) groups excluding carboxylic acids is 1. The molecule has 2 rings (SSSR count). The van der Waals surface area contributed by atoms with E-state index in [1.54, 1.807) is 0 Å². The molecule has 0 aliphatic carbocycles. The number of hydrogen-bond donors (Lipinski definition) is 1. The van der Waals surface area contributed by atoms with Gasteiger partial charge in [-0.05, 0) is 87.2 Å². The minimum atomic E-state index is -2.01. The van der Waals surface area contributed by atoms with Crippen LogP contribution in [0.2, 0.25) is 18.1 Å². The molecule has 0 fully saturated rings. The van der Waals surface area contributed by atoms with Gasteiger partial charge in [0, 0.05) is 24.8 Å². The van der Waals surface area contributed by atoms with E-state index >= 15 is 0 Å². The van der Waals surface area contributed by atoms with E-state index in [0.29, 0.717) is 12.3 Å². The lowest BCUT2D eigenvalue weighted by molar-refractivity contribution is -0.139. The third-order valence-electron chi connectivity index (χ3n) is 10.4. The fraction of sp³-hybridized carbons (Fsp3) is 0.694. The Morgan fingerprint density at radius 3 is 2.30 bits per heavy atom. The standard InChI is InChI=1S/C36H60N2O4Si/c1-24(15-14-16-25(2)26(3)27(4)34(41)36(9,10)22-21-33(39)40)17-20-32(42-43(12,13)35(6,7)8)29-18-19-31-30(23-29)37-28(5)38(31)11/h17-19,23,25-27,32H,14-16,20-22H2,1-13H3,(H,39,40)/b24-17-/t25-,26-,27+,32-/m0/s1. The lowest BCUT2D eigenvalue weighted by atomic mass is 9.71. The van der Waals surface area contributed by atoms with Crippen LogP contribution in [0, 0.1) is 30.1 Å². The van der Waals surface area contributed by atoms with Crippen molar-refractivity contribution in [2.75, 3.05) is 0 Å². The first kappa shape index (κ1) is 36.9. The molecule has 1 aromatic carbocycles. The minimum Gasteiger partial charge on any atom is -0.481 e. The van der Waals surface area contributed by atoms with Gasteiger partial charge in [-0.25, -0.2) is 4.98 Å². The van der Waals surface area contributed by atoms with Crippen molar-refractivity contribution in [2.45, 2.75) is 132 Å². The van der Waals surface area contributed by atoms with E-state index in [4.69, 9.17) is 14.5 Å². The zero-order chi connectivity index (χ0) is 32.9. The summed E-state index contributed by atoms with van der Waals surface area (Å²) in [5.41, 5.74) is 4.10. The molecule has 0 saturated carbocycles. The van der Waals surface area contributed by atoms with E-state index < -0.39 is 19.7 Å². The largest absolute Gasteiger partial charge is 0.481 e. The van der Waals surface area contributed by atoms with E-state index in [-0.39, 0.29) is 35.2 Å². The summed E-state index contributed by atoms with van der Waals surface area (Å²) < 4.78 is 9.13. The second-order valence-corrected chi connectivity index (χ2v) is 20.0. The van der Waals surface area contributed by atoms with Gasteiger partial charge in [0.05, 0.1) is 17.1 Å². The molecule has 1 aromatic heterocycles. The third kappa shape index (κ3) is 9.87. The Balaban J connectivity index is 2.07. The van der Waals surface area contributed by atoms with Gasteiger partial charge >= 0.3 is 5.97 Å². The van der Waals surface area contributed by atoms with Gasteiger partial charge in [-0.1, -0.05) is 79.5 Å². The van der Waals surface area contributed by atoms with Gasteiger partial charge in [0.25, 0.3) is 0 Å². The second-order valence-electron chi connectivity index (χ2n) is 15.3. The Labute approximate surface area is 262 Å². The molecule has 0 saturated heterocycles. The number of ketones is 1. The molecular weight excluding hydrogens is 552 g/mol. The molecule has 0 bridgehead atoms. The predicted molar refractivity (Wildman–Crippen MR) is 182 cm³/mol. The first-order valence-corrected chi connectivity index (χ1v) is 19.1. The number of Topliss-reactive ketones (excluding diaryl/α,β-unsaturated/α-hetero) is 1. The fourth-order valence-corrected chi connectivity index (χ4v) is 6.89. The fourth-order valence-electron chi connectivity index (χ4n) is 5.59. The van der Waals surface area contributed by atoms with Crippen LogP contribution in [0.5, 0.6) is 0 Å². The number of rotatable bonds is 16. The van der Waals surface area contributed by atoms with Gasteiger partial charge in [0.15, 0.2) is 8.32 Å². The summed E-state index contributed by atoms with van der Waals surface area (Å²) in [5, 5.41) is 9.19. The Bertz CT molecular complexity index is 1280. The SMILES string of the molecule is C/C(=C/C[C@H](O[Si](C)(C)C(C)(C)C)c1ccc2c(c1)nc(C)n2C)CCC[C@H](C)[C@H](C)[C@@H](C)C(=O)C(C)(C)CCC(=O)O. The van der Waals surface area contributed by atoms with Crippen molar-refractivity contribution < 1.29 is 19.1 Å². The molecule has 6 nitrogen and oxygen atoms in total. The van der Waals surface area contributed by atoms with Crippen molar-refractivity contribution in [3.8, 4) is 0 Å². The van der Waals surface area contributed by atoms with Gasteiger partial charge < -0.3 is 14.1 Å². The van der Waals surface area contributed by atoms with Gasteiger partial charge in [-0.2, -0.15) is 0 Å². The number of allylic oxidation sites excluding steroid dienone is 1. The molecule has 0 amide bonds. The van der Waals surface area contributed by atoms with Gasteiger partial charge in [0.2, 0.25) is 0 Å². The topological polar surface area (TPSA) is 81.4 Å². The number of imidazole rings is 1. The number of carbonyl (C=O) groups is 2. The van der Waals surface area contributed by atoms with Gasteiger partial charge in [0.1, 0.15) is 11.6 Å². The third-order valence-corrected chi connectivity index (χ3v) is 14.9. The Morgan fingerprint density at radius 2 is 1.72 bits per heavy atom. The van der Waals surface area contributed by atoms with Crippen molar-refractivity contribution >= 4 is 31.1 Å². The molecule has 4 atom stereocenters. The van der Waals surface area contributed by atoms with Crippen molar-refractivity contribution in [1.82, 2.24) is 9.55 Å². The van der Waals surface area contributed by atoms with Crippen LogP contribution in [0.25, 0.3) is 11.0 Å². The molecular formula is C36H60N2O4Si. The molecule has 7 heteroatoms. The molecule has 0 spiro atoms. The van der Waals surface area contributed by atoms with E-state index in [1.807, 2.05) is 27.7 Å². The number of hydrogen-bond acceptors (Lipinski definition) is 4. The minimum absolute atomic E-state index is 0.0159. The van der Waals surface area contributed by atoms with Crippen LogP contribution in [-0.4, -0.2) is 34.7 Å². The summed E-state index contributed by atoms with van der Waals surface area (Å²) >= 11 is 0. The van der Waals surface area contributed by atoms with Crippen LogP contribution in [0.4, 0.5) is 0 Å². The summed E-state index contributed by atoms with van der Waals surface area (Å²) in [4.78, 5) is 29.0. The molecule has 0 aliphatic rings. The van der Waals surface area contributed by atoms with E-state index in [0.717, 1.165) is 42.5 Å². The average molecular weight is 613 g/mol. The summed E-state index contributed by atoms with van der Waals surface area (Å²) in [7, 11) is 0.0538. The number of carboxylic acids is 1. The quantitative estimate of drug-likeness (QED) is 0.151. The maximum Gasteiger partial charge on any atom is 0.303 e. The zero-order valence-corrected chi connectivity index (χ0v) is 30.4. The summed E-state index contributed by atoms with van der Waals surface area (Å²) in [6.07, 6.45) is 6.73. The highest BCUT2D eigenvalue weighted by molar-refractivity contribution is 6.74. The molecule has 0 unspecified atom stereocenters. The number of fused-ring (bicyclic) bond motifs is 1. The Hall–Kier alpha value is -2.25. The first-order valence-electron chi connectivity index (χ1n) is 16.2. The Kier molecular flexibility index (Phi) is 12.6. The first-order chi connectivity index (χ1) is 19.7. The lowest BCUT2D eigenvalue weighted by Crippen LogP contribution is -2.41. The van der Waals surface area contributed by atoms with Crippen molar-refractivity contribution in [1.29, 1.82) is 0 Å². The van der Waals surface area contributed by atoms with E-state index in [1.165, 1.54) is 11.1 Å². The number of benzene rings is 1. The molecule has 0 aliphatic heterocycles. The van der Waals surface area contributed by atoms with Crippen LogP contribution in [0.3, 0.4) is 0 Å². The molecule has 43 heavy (non-hydrogen) atoms. The van der Waals surface area contributed by atoms with Crippen LogP contribution in [-0.2, 0) is 21.1 Å². The highest BCUT2D eigenvalue weighted by Gasteiger charge is 2.39. The highest BCUT2D eigenvalue weighted by atomic mass is 28.4. The number of aryl methyl sites for hydroxylation is 2. The molecule has 242 valence electrons. The molecule has 0 radical (unpaired) electrons. The summed E-state index contributed by atoms with van der Waals surface area (Å²) in [6.45, 7) is 26.0. The van der Waals surface area contributed by atoms with Crippen molar-refractivity contribution in [3.05, 3.63) is 41.2 Å². The maximum absolute atomic E-state index is 13.2. The lowest BCUT2D eigenvalue weighted by Gasteiger charge is -2.39. The normalized spacial score (nSPS) is 16.3. The molecule has 2 aromatic rings. The van der Waals surface area contributed by atoms with Crippen LogP contribution >= 0.6 is 0 Å². The number of nitrogens with zero attached hydrogens (tertiary/aromatic N) is 2. The summed E-state index contributed by atoms with van der Waals surface area (Å²) in [6, 6.07) is 6.58. The van der Waals surface area contributed by atoms with Crippen molar-refractivity contribution in [2.24, 2.45) is 30.2 Å². The monoisotopic (exact) mass is 612 g/mol. The molecule has 1 N–H and O–H groups in total. The van der Waals surface area contributed by atoms with Gasteiger partial charge in [-0.15, -0.1) is 0 Å². The number of aromatic nitrogens is 2. The summed E-state index contributed by atoms with van der Waals surface area (Å²) in [5.74, 6) is 0.896. The predicted octanol–water partition coefficient (Wildman–Crippen LogP) is 9.82. The number of carboxylic acid groups (broad SMARTS) is 1. The smallest absolute Gasteiger partial charge is 0.303 e.